The number of imidazole rings is 1. The van der Waals surface area contributed by atoms with Gasteiger partial charge in [-0.05, 0) is 85.5 Å². The highest BCUT2D eigenvalue weighted by atomic mass is 19.3. The fourth-order valence-corrected chi connectivity index (χ4v) is 7.34. The van der Waals surface area contributed by atoms with Gasteiger partial charge in [-0.1, -0.05) is 18.2 Å². The predicted octanol–water partition coefficient (Wildman–Crippen LogP) is 5.32. The van der Waals surface area contributed by atoms with Gasteiger partial charge in [-0.25, -0.2) is 28.2 Å². The number of oxazole rings is 1. The van der Waals surface area contributed by atoms with E-state index in [2.05, 4.69) is 36.3 Å². The lowest BCUT2D eigenvalue weighted by molar-refractivity contribution is -0.135. The number of ether oxygens (including phenoxy) is 2. The highest BCUT2D eigenvalue weighted by Gasteiger charge is 2.31. The number of hydrogen-bond donors (Lipinski definition) is 4. The van der Waals surface area contributed by atoms with Crippen LogP contribution in [0.4, 0.5) is 20.3 Å². The van der Waals surface area contributed by atoms with Gasteiger partial charge in [0.15, 0.2) is 11.4 Å². The van der Waals surface area contributed by atoms with Gasteiger partial charge in [-0.15, -0.1) is 0 Å². The molecule has 2 aliphatic rings. The Morgan fingerprint density at radius 1 is 0.968 bits per heavy atom. The molecule has 17 nitrogen and oxygen atoms in total. The second-order valence-electron chi connectivity index (χ2n) is 15.6. The highest BCUT2D eigenvalue weighted by Crippen LogP contribution is 2.30. The molecule has 63 heavy (non-hydrogen) atoms. The average Bonchev–Trinajstić information content (AvgIpc) is 3.70. The molecule has 1 aliphatic heterocycles. The number of nitrogens with one attached hydrogen (secondary N) is 4. The summed E-state index contributed by atoms with van der Waals surface area (Å²) in [6, 6.07) is 15.8. The molecule has 3 amide bonds. The largest absolute Gasteiger partial charge is 0.444 e. The predicted molar refractivity (Wildman–Crippen MR) is 228 cm³/mol. The third-order valence-electron chi connectivity index (χ3n) is 11.0. The zero-order chi connectivity index (χ0) is 43.9. The minimum absolute atomic E-state index is 0.0731. The molecule has 0 radical (unpaired) electrons. The summed E-state index contributed by atoms with van der Waals surface area (Å²) in [6.45, 7) is 3.90. The zero-order valence-electron chi connectivity index (χ0n) is 34.6. The molecule has 0 spiro atoms. The maximum absolute atomic E-state index is 14.0. The van der Waals surface area contributed by atoms with Gasteiger partial charge in [0.05, 0.1) is 48.4 Å². The first-order valence-electron chi connectivity index (χ1n) is 20.9. The Labute approximate surface area is 360 Å². The monoisotopic (exact) mass is 866 g/mol. The molecular formula is C44H48F2N10O7. The van der Waals surface area contributed by atoms with Crippen LogP contribution < -0.4 is 27.0 Å². The Morgan fingerprint density at radius 3 is 2.54 bits per heavy atom. The third kappa shape index (κ3) is 10.6. The number of alkyl halides is 2. The van der Waals surface area contributed by atoms with Crippen molar-refractivity contribution in [2.75, 3.05) is 50.2 Å². The van der Waals surface area contributed by atoms with Crippen molar-refractivity contribution in [3.8, 4) is 17.1 Å². The molecule has 1 saturated heterocycles. The average molecular weight is 867 g/mol. The number of hydrogen-bond acceptors (Lipinski definition) is 12. The van der Waals surface area contributed by atoms with Crippen LogP contribution in [0.15, 0.2) is 82.5 Å². The van der Waals surface area contributed by atoms with Gasteiger partial charge in [0.1, 0.15) is 18.1 Å². The maximum atomic E-state index is 14.0. The SMILES string of the molecule is Cn1c(=O)n(C2CCC(=O)NC2=O)c2ccc(CCCOCCOCCNCc3ccc(-n4cc(NC(=O)c5coc(-c6ccnc(NCC7CC7)c6)n5)c(C(F)F)n4)cc3)cc21. The van der Waals surface area contributed by atoms with Crippen LogP contribution in [0.25, 0.3) is 28.2 Å². The first kappa shape index (κ1) is 43.1. The Bertz CT molecular complexity index is 2630. The van der Waals surface area contributed by atoms with E-state index in [1.54, 1.807) is 37.5 Å². The van der Waals surface area contributed by atoms with Crippen molar-refractivity contribution >= 4 is 40.3 Å². The van der Waals surface area contributed by atoms with Crippen molar-refractivity contribution in [2.45, 2.75) is 57.5 Å². The van der Waals surface area contributed by atoms with Crippen LogP contribution in [0, 0.1) is 5.92 Å². The minimum Gasteiger partial charge on any atom is -0.444 e. The molecule has 1 aliphatic carbocycles. The second kappa shape index (κ2) is 19.6. The Kier molecular flexibility index (Phi) is 13.4. The number of rotatable bonds is 21. The number of fused-ring (bicyclic) bond motifs is 1. The van der Waals surface area contributed by atoms with E-state index in [9.17, 15) is 28.0 Å². The molecule has 1 saturated carbocycles. The molecule has 6 aromatic rings. The molecular weight excluding hydrogens is 819 g/mol. The number of amides is 3. The van der Waals surface area contributed by atoms with E-state index in [0.717, 1.165) is 36.0 Å². The molecule has 330 valence electrons. The molecule has 4 aromatic heterocycles. The number of nitrogens with zero attached hydrogens (tertiary/aromatic N) is 6. The van der Waals surface area contributed by atoms with E-state index in [1.165, 1.54) is 39.1 Å². The summed E-state index contributed by atoms with van der Waals surface area (Å²) < 4.78 is 49.3. The molecule has 2 fully saturated rings. The van der Waals surface area contributed by atoms with Crippen molar-refractivity contribution in [3.05, 3.63) is 106 Å². The summed E-state index contributed by atoms with van der Waals surface area (Å²) in [5.41, 5.74) is 3.47. The number of benzene rings is 2. The van der Waals surface area contributed by atoms with Crippen LogP contribution in [0.5, 0.6) is 0 Å². The van der Waals surface area contributed by atoms with Gasteiger partial charge >= 0.3 is 5.69 Å². The Hall–Kier alpha value is -6.57. The summed E-state index contributed by atoms with van der Waals surface area (Å²) in [6.07, 6.45) is 5.61. The van der Waals surface area contributed by atoms with Gasteiger partial charge in [-0.3, -0.25) is 28.8 Å². The smallest absolute Gasteiger partial charge is 0.329 e. The quantitative estimate of drug-likeness (QED) is 0.0537. The van der Waals surface area contributed by atoms with Crippen LogP contribution in [0.1, 0.15) is 71.9 Å². The fourth-order valence-electron chi connectivity index (χ4n) is 7.34. The summed E-state index contributed by atoms with van der Waals surface area (Å²) >= 11 is 0. The van der Waals surface area contributed by atoms with Crippen LogP contribution in [-0.2, 0) is 39.1 Å². The number of aryl methyl sites for hydroxylation is 2. The molecule has 4 N–H and O–H groups in total. The summed E-state index contributed by atoms with van der Waals surface area (Å²) in [5.74, 6) is 0.0344. The van der Waals surface area contributed by atoms with E-state index in [4.69, 9.17) is 13.9 Å². The highest BCUT2D eigenvalue weighted by molar-refractivity contribution is 6.03. The molecule has 1 atom stereocenters. The van der Waals surface area contributed by atoms with Crippen molar-refractivity contribution in [2.24, 2.45) is 13.0 Å². The van der Waals surface area contributed by atoms with Crippen LogP contribution in [-0.4, -0.2) is 86.1 Å². The molecule has 8 rings (SSSR count). The van der Waals surface area contributed by atoms with Gasteiger partial charge < -0.3 is 29.8 Å². The lowest BCUT2D eigenvalue weighted by Gasteiger charge is -2.21. The van der Waals surface area contributed by atoms with Gasteiger partial charge in [-0.2, -0.15) is 5.10 Å². The standard InChI is InChI=1S/C44H48F2N10O7/c1-54-36-21-27(8-11-34(36)56(44(54)60)35-12-13-38(57)52-42(35)59)3-2-17-61-19-20-62-18-16-47-23-28-6-9-31(10-7-28)55-25-32(39(53-55)40(45)46)50-41(58)33-26-63-43(51-33)30-14-15-48-37(22-30)49-24-29-4-5-29/h6-11,14-15,21-22,25-26,29,35,40,47H,2-5,12-13,16-20,23-24H2,1H3,(H,48,49)(H,50,58)(H,52,57,59). The molecule has 0 bridgehead atoms. The van der Waals surface area contributed by atoms with Crippen LogP contribution in [0.3, 0.4) is 0 Å². The minimum atomic E-state index is -2.94. The van der Waals surface area contributed by atoms with Crippen LogP contribution in [0.2, 0.25) is 0 Å². The lowest BCUT2D eigenvalue weighted by atomic mass is 10.1. The number of imide groups is 1. The number of piperidine rings is 1. The number of carbonyl (C=O) groups excluding carboxylic acids is 3. The Balaban J connectivity index is 0.727. The van der Waals surface area contributed by atoms with Crippen molar-refractivity contribution < 1.29 is 37.1 Å². The van der Waals surface area contributed by atoms with E-state index in [1.807, 2.05) is 30.3 Å². The van der Waals surface area contributed by atoms with Crippen molar-refractivity contribution in [1.82, 2.24) is 39.5 Å². The van der Waals surface area contributed by atoms with Crippen molar-refractivity contribution in [3.63, 3.8) is 0 Å². The van der Waals surface area contributed by atoms with Gasteiger partial charge in [0.25, 0.3) is 12.3 Å². The van der Waals surface area contributed by atoms with E-state index >= 15 is 0 Å². The fraction of sp³-hybridized carbons (Fsp3) is 0.386. The van der Waals surface area contributed by atoms with E-state index in [0.29, 0.717) is 74.4 Å². The Morgan fingerprint density at radius 2 is 1.76 bits per heavy atom. The van der Waals surface area contributed by atoms with E-state index < -0.39 is 30.0 Å². The number of anilines is 2. The molecule has 19 heteroatoms. The molecule has 1 unspecified atom stereocenters. The number of pyridine rings is 1. The van der Waals surface area contributed by atoms with Crippen LogP contribution >= 0.6 is 0 Å². The maximum Gasteiger partial charge on any atom is 0.329 e. The molecule has 5 heterocycles. The number of aromatic nitrogens is 6. The first-order chi connectivity index (χ1) is 30.6. The van der Waals surface area contributed by atoms with Gasteiger partial charge in [0.2, 0.25) is 17.7 Å². The third-order valence-corrected chi connectivity index (χ3v) is 11.0. The van der Waals surface area contributed by atoms with Crippen molar-refractivity contribution in [1.29, 1.82) is 0 Å². The number of carbonyl (C=O) groups is 3. The molecule has 2 aromatic carbocycles. The van der Waals surface area contributed by atoms with E-state index in [-0.39, 0.29) is 35.3 Å². The zero-order valence-corrected chi connectivity index (χ0v) is 34.6. The summed E-state index contributed by atoms with van der Waals surface area (Å²) in [5, 5.41) is 15.5. The van der Waals surface area contributed by atoms with Gasteiger partial charge in [0, 0.05) is 51.5 Å². The summed E-state index contributed by atoms with van der Waals surface area (Å²) in [4.78, 5) is 58.7. The first-order valence-corrected chi connectivity index (χ1v) is 20.9. The second-order valence-corrected chi connectivity index (χ2v) is 15.6. The topological polar surface area (TPSA) is 201 Å². The number of halogens is 2. The normalized spacial score (nSPS) is 15.3. The lowest BCUT2D eigenvalue weighted by Crippen LogP contribution is -2.44. The summed E-state index contributed by atoms with van der Waals surface area (Å²) in [7, 11) is 1.68.